The molecule has 1 heterocycles. The number of hydrogen-bond acceptors (Lipinski definition) is 3. The zero-order valence-electron chi connectivity index (χ0n) is 12.9. The Morgan fingerprint density at radius 1 is 1.32 bits per heavy atom. The van der Waals surface area contributed by atoms with Crippen LogP contribution in [-0.4, -0.2) is 12.0 Å². The van der Waals surface area contributed by atoms with Crippen LogP contribution in [0, 0.1) is 12.8 Å². The molecule has 0 radical (unpaired) electrons. The van der Waals surface area contributed by atoms with Crippen LogP contribution in [0.15, 0.2) is 0 Å². The van der Waals surface area contributed by atoms with Crippen molar-refractivity contribution < 1.29 is 0 Å². The average molecular weight is 280 g/mol. The standard InChI is InChI=1S/C16H28N2S/c1-5-7-13-8-10-16(17-4,11-9-13)15-18-14(6-2)12(3)19-15/h13,17H,5-11H2,1-4H3. The summed E-state index contributed by atoms with van der Waals surface area (Å²) in [4.78, 5) is 6.33. The predicted molar refractivity (Wildman–Crippen MR) is 83.8 cm³/mol. The van der Waals surface area contributed by atoms with Crippen molar-refractivity contribution >= 4 is 11.3 Å². The van der Waals surface area contributed by atoms with E-state index in [0.717, 1.165) is 12.3 Å². The molecule has 1 saturated carbocycles. The van der Waals surface area contributed by atoms with E-state index in [1.54, 1.807) is 0 Å². The summed E-state index contributed by atoms with van der Waals surface area (Å²) in [6.45, 7) is 6.72. The van der Waals surface area contributed by atoms with Crippen molar-refractivity contribution in [2.75, 3.05) is 7.05 Å². The van der Waals surface area contributed by atoms with Crippen LogP contribution in [0.4, 0.5) is 0 Å². The van der Waals surface area contributed by atoms with Crippen LogP contribution >= 0.6 is 11.3 Å². The van der Waals surface area contributed by atoms with Crippen molar-refractivity contribution in [2.45, 2.75) is 71.3 Å². The fourth-order valence-corrected chi connectivity index (χ4v) is 4.65. The molecule has 0 aliphatic heterocycles. The Morgan fingerprint density at radius 3 is 2.47 bits per heavy atom. The number of thiazole rings is 1. The Bertz CT molecular complexity index is 403. The van der Waals surface area contributed by atoms with E-state index in [1.807, 2.05) is 11.3 Å². The molecule has 0 bridgehead atoms. The van der Waals surface area contributed by atoms with Gasteiger partial charge in [0.2, 0.25) is 0 Å². The maximum Gasteiger partial charge on any atom is 0.113 e. The number of nitrogens with one attached hydrogen (secondary N) is 1. The van der Waals surface area contributed by atoms with Crippen molar-refractivity contribution in [3.8, 4) is 0 Å². The van der Waals surface area contributed by atoms with E-state index >= 15 is 0 Å². The van der Waals surface area contributed by atoms with Gasteiger partial charge in [0.15, 0.2) is 0 Å². The van der Waals surface area contributed by atoms with Gasteiger partial charge in [-0.2, -0.15) is 0 Å². The summed E-state index contributed by atoms with van der Waals surface area (Å²) < 4.78 is 0. The molecule has 2 nitrogen and oxygen atoms in total. The van der Waals surface area contributed by atoms with Gasteiger partial charge in [0.05, 0.1) is 11.2 Å². The van der Waals surface area contributed by atoms with Gasteiger partial charge in [-0.15, -0.1) is 11.3 Å². The summed E-state index contributed by atoms with van der Waals surface area (Å²) in [6, 6.07) is 0. The van der Waals surface area contributed by atoms with E-state index in [0.29, 0.717) is 0 Å². The van der Waals surface area contributed by atoms with E-state index in [9.17, 15) is 0 Å². The predicted octanol–water partition coefficient (Wildman–Crippen LogP) is 4.42. The van der Waals surface area contributed by atoms with Gasteiger partial charge in [0.25, 0.3) is 0 Å². The lowest BCUT2D eigenvalue weighted by atomic mass is 9.75. The van der Waals surface area contributed by atoms with E-state index in [-0.39, 0.29) is 5.54 Å². The lowest BCUT2D eigenvalue weighted by molar-refractivity contribution is 0.192. The smallest absolute Gasteiger partial charge is 0.113 e. The van der Waals surface area contributed by atoms with E-state index in [1.165, 1.54) is 54.1 Å². The van der Waals surface area contributed by atoms with Gasteiger partial charge in [0.1, 0.15) is 5.01 Å². The second-order valence-corrected chi connectivity index (χ2v) is 7.14. The Balaban J connectivity index is 2.15. The first kappa shape index (κ1) is 15.0. The molecule has 1 N–H and O–H groups in total. The van der Waals surface area contributed by atoms with Crippen LogP contribution in [0.5, 0.6) is 0 Å². The minimum atomic E-state index is 0.160. The molecule has 108 valence electrons. The highest BCUT2D eigenvalue weighted by atomic mass is 32.1. The van der Waals surface area contributed by atoms with Crippen molar-refractivity contribution in [3.05, 3.63) is 15.6 Å². The molecule has 1 aromatic heterocycles. The summed E-state index contributed by atoms with van der Waals surface area (Å²) in [5.41, 5.74) is 1.46. The topological polar surface area (TPSA) is 24.9 Å². The molecule has 2 rings (SSSR count). The monoisotopic (exact) mass is 280 g/mol. The third-order valence-corrected chi connectivity index (χ3v) is 5.99. The van der Waals surface area contributed by atoms with Gasteiger partial charge in [-0.25, -0.2) is 4.98 Å². The highest BCUT2D eigenvalue weighted by Crippen LogP contribution is 2.42. The van der Waals surface area contributed by atoms with Crippen LogP contribution in [0.2, 0.25) is 0 Å². The Kier molecular flexibility index (Phi) is 5.02. The van der Waals surface area contributed by atoms with E-state index in [2.05, 4.69) is 33.1 Å². The Hall–Kier alpha value is -0.410. The van der Waals surface area contributed by atoms with Crippen molar-refractivity contribution in [3.63, 3.8) is 0 Å². The molecule has 1 aliphatic carbocycles. The van der Waals surface area contributed by atoms with E-state index in [4.69, 9.17) is 4.98 Å². The maximum absolute atomic E-state index is 4.92. The van der Waals surface area contributed by atoms with Crippen LogP contribution < -0.4 is 5.32 Å². The van der Waals surface area contributed by atoms with Crippen LogP contribution in [-0.2, 0) is 12.0 Å². The Morgan fingerprint density at radius 2 is 2.00 bits per heavy atom. The quantitative estimate of drug-likeness (QED) is 0.863. The molecular formula is C16H28N2S. The molecule has 0 unspecified atom stereocenters. The highest BCUT2D eigenvalue weighted by Gasteiger charge is 2.38. The molecule has 0 aromatic carbocycles. The molecule has 0 spiro atoms. The molecule has 19 heavy (non-hydrogen) atoms. The molecule has 0 amide bonds. The zero-order valence-corrected chi connectivity index (χ0v) is 13.7. The van der Waals surface area contributed by atoms with E-state index < -0.39 is 0 Å². The summed E-state index contributed by atoms with van der Waals surface area (Å²) in [5, 5.41) is 4.94. The number of rotatable bonds is 5. The first-order valence-electron chi connectivity index (χ1n) is 7.81. The largest absolute Gasteiger partial charge is 0.308 e. The molecule has 0 saturated heterocycles. The maximum atomic E-state index is 4.92. The summed E-state index contributed by atoms with van der Waals surface area (Å²) in [6.07, 6.45) is 9.00. The van der Waals surface area contributed by atoms with Crippen LogP contribution in [0.1, 0.15) is 68.0 Å². The molecule has 1 aromatic rings. The van der Waals surface area contributed by atoms with Gasteiger partial charge in [0, 0.05) is 4.88 Å². The van der Waals surface area contributed by atoms with Crippen molar-refractivity contribution in [1.29, 1.82) is 0 Å². The van der Waals surface area contributed by atoms with Gasteiger partial charge in [-0.05, 0) is 52.0 Å². The molecule has 3 heteroatoms. The second kappa shape index (κ2) is 6.36. The normalized spacial score (nSPS) is 27.7. The number of aromatic nitrogens is 1. The van der Waals surface area contributed by atoms with Crippen molar-refractivity contribution in [2.24, 2.45) is 5.92 Å². The first-order chi connectivity index (χ1) is 9.15. The van der Waals surface area contributed by atoms with Gasteiger partial charge >= 0.3 is 0 Å². The minimum Gasteiger partial charge on any atom is -0.308 e. The van der Waals surface area contributed by atoms with Gasteiger partial charge in [-0.3, -0.25) is 0 Å². The Labute approximate surface area is 122 Å². The number of nitrogens with zero attached hydrogens (tertiary/aromatic N) is 1. The molecular weight excluding hydrogens is 252 g/mol. The fraction of sp³-hybridized carbons (Fsp3) is 0.812. The zero-order chi connectivity index (χ0) is 13.9. The van der Waals surface area contributed by atoms with Crippen LogP contribution in [0.3, 0.4) is 0 Å². The molecule has 1 aliphatic rings. The van der Waals surface area contributed by atoms with Crippen molar-refractivity contribution in [1.82, 2.24) is 10.3 Å². The number of hydrogen-bond donors (Lipinski definition) is 1. The lowest BCUT2D eigenvalue weighted by Crippen LogP contribution is -2.43. The van der Waals surface area contributed by atoms with Gasteiger partial charge in [-0.1, -0.05) is 26.7 Å². The third-order valence-electron chi connectivity index (χ3n) is 4.77. The molecule has 1 fully saturated rings. The summed E-state index contributed by atoms with van der Waals surface area (Å²) in [5.74, 6) is 0.943. The first-order valence-corrected chi connectivity index (χ1v) is 8.62. The van der Waals surface area contributed by atoms with Gasteiger partial charge < -0.3 is 5.32 Å². The fourth-order valence-electron chi connectivity index (χ4n) is 3.40. The third kappa shape index (κ3) is 3.03. The SMILES string of the molecule is CCCC1CCC(NC)(c2nc(CC)c(C)s2)CC1. The lowest BCUT2D eigenvalue weighted by Gasteiger charge is -2.38. The average Bonchev–Trinajstić information content (AvgIpc) is 2.82. The number of aryl methyl sites for hydroxylation is 2. The highest BCUT2D eigenvalue weighted by molar-refractivity contribution is 7.11. The summed E-state index contributed by atoms with van der Waals surface area (Å²) >= 11 is 1.91. The second-order valence-electron chi connectivity index (χ2n) is 5.94. The summed E-state index contributed by atoms with van der Waals surface area (Å²) in [7, 11) is 2.11. The van der Waals surface area contributed by atoms with Crippen LogP contribution in [0.25, 0.3) is 0 Å². The molecule has 0 atom stereocenters. The minimum absolute atomic E-state index is 0.160.